The van der Waals surface area contributed by atoms with Crippen LogP contribution < -0.4 is 0 Å². The molecule has 0 amide bonds. The predicted octanol–water partition coefficient (Wildman–Crippen LogP) is 2.35. The fourth-order valence-electron chi connectivity index (χ4n) is 1.07. The lowest BCUT2D eigenvalue weighted by Gasteiger charge is -1.98. The third kappa shape index (κ3) is 2.28. The van der Waals surface area contributed by atoms with E-state index < -0.39 is 0 Å². The van der Waals surface area contributed by atoms with Crippen LogP contribution in [0.2, 0.25) is 0 Å². The molecule has 0 spiro atoms. The molecule has 70 valence electrons. The lowest BCUT2D eigenvalue weighted by molar-refractivity contribution is 0.0522. The molecule has 3 nitrogen and oxygen atoms in total. The van der Waals surface area contributed by atoms with Crippen molar-refractivity contribution in [3.63, 3.8) is 0 Å². The minimum atomic E-state index is -0.330. The molecule has 0 N–H and O–H groups in total. The molecule has 0 saturated carbocycles. The summed E-state index contributed by atoms with van der Waals surface area (Å²) in [6, 6.07) is 3.46. The highest BCUT2D eigenvalue weighted by atomic mass is 16.5. The van der Waals surface area contributed by atoms with Crippen LogP contribution in [-0.4, -0.2) is 12.6 Å². The summed E-state index contributed by atoms with van der Waals surface area (Å²) in [6.45, 7) is 5.74. The summed E-state index contributed by atoms with van der Waals surface area (Å²) in [5, 5.41) is 0. The molecular weight excluding hydrogens is 168 g/mol. The van der Waals surface area contributed by atoms with E-state index in [9.17, 15) is 4.79 Å². The van der Waals surface area contributed by atoms with Crippen molar-refractivity contribution in [2.45, 2.75) is 20.8 Å². The van der Waals surface area contributed by atoms with Crippen LogP contribution in [0.3, 0.4) is 0 Å². The van der Waals surface area contributed by atoms with E-state index >= 15 is 0 Å². The van der Waals surface area contributed by atoms with Crippen molar-refractivity contribution in [1.82, 2.24) is 0 Å². The van der Waals surface area contributed by atoms with E-state index in [0.717, 1.165) is 5.76 Å². The molecular formula is C10H13O3+. The maximum Gasteiger partial charge on any atom is 0.347 e. The van der Waals surface area contributed by atoms with Crippen LogP contribution in [0.25, 0.3) is 0 Å². The van der Waals surface area contributed by atoms with E-state index in [0.29, 0.717) is 17.9 Å². The van der Waals surface area contributed by atoms with Crippen molar-refractivity contribution in [2.75, 3.05) is 6.61 Å². The van der Waals surface area contributed by atoms with E-state index in [1.54, 1.807) is 26.0 Å². The summed E-state index contributed by atoms with van der Waals surface area (Å²) in [6.07, 6.45) is 0. The Balaban J connectivity index is 2.95. The van der Waals surface area contributed by atoms with Gasteiger partial charge >= 0.3 is 17.5 Å². The Morgan fingerprint density at radius 1 is 1.46 bits per heavy atom. The number of esters is 1. The minimum Gasteiger partial charge on any atom is -0.462 e. The molecule has 0 atom stereocenters. The van der Waals surface area contributed by atoms with Crippen LogP contribution in [-0.2, 0) is 4.74 Å². The summed E-state index contributed by atoms with van der Waals surface area (Å²) in [5.41, 5.74) is 0.493. The third-order valence-electron chi connectivity index (χ3n) is 1.67. The number of aryl methyl sites for hydroxylation is 2. The summed E-state index contributed by atoms with van der Waals surface area (Å²) >= 11 is 0. The van der Waals surface area contributed by atoms with Gasteiger partial charge in [-0.05, 0) is 13.0 Å². The first-order valence-corrected chi connectivity index (χ1v) is 4.22. The molecule has 0 aliphatic heterocycles. The molecule has 0 aliphatic rings. The third-order valence-corrected chi connectivity index (χ3v) is 1.67. The molecule has 0 saturated heterocycles. The molecule has 0 aliphatic carbocycles. The highest BCUT2D eigenvalue weighted by Crippen LogP contribution is 2.11. The fourth-order valence-corrected chi connectivity index (χ4v) is 1.07. The average molecular weight is 181 g/mol. The van der Waals surface area contributed by atoms with E-state index in [1.807, 2.05) is 6.92 Å². The molecule has 1 rings (SSSR count). The van der Waals surface area contributed by atoms with Crippen LogP contribution in [0.15, 0.2) is 16.5 Å². The van der Waals surface area contributed by atoms with E-state index in [4.69, 9.17) is 9.15 Å². The van der Waals surface area contributed by atoms with Crippen molar-refractivity contribution >= 4 is 5.97 Å². The lowest BCUT2D eigenvalue weighted by Crippen LogP contribution is -2.06. The Morgan fingerprint density at radius 2 is 2.15 bits per heavy atom. The highest BCUT2D eigenvalue weighted by Gasteiger charge is 2.19. The maximum atomic E-state index is 11.3. The number of rotatable bonds is 2. The normalized spacial score (nSPS) is 9.77. The van der Waals surface area contributed by atoms with Gasteiger partial charge in [-0.15, -0.1) is 0 Å². The SMILES string of the molecule is CCOC(=O)c1ccc(C)[o+]c1C. The molecule has 3 heteroatoms. The Labute approximate surface area is 77.3 Å². The summed E-state index contributed by atoms with van der Waals surface area (Å²) in [7, 11) is 0. The molecule has 0 radical (unpaired) electrons. The fraction of sp³-hybridized carbons (Fsp3) is 0.400. The monoisotopic (exact) mass is 181 g/mol. The topological polar surface area (TPSA) is 37.6 Å². The molecule has 1 aromatic rings. The molecule has 0 fully saturated rings. The number of ether oxygens (including phenoxy) is 1. The van der Waals surface area contributed by atoms with Gasteiger partial charge in [-0.1, -0.05) is 0 Å². The first kappa shape index (κ1) is 9.71. The second-order valence-electron chi connectivity index (χ2n) is 2.74. The standard InChI is InChI=1S/C10H13O3/c1-4-12-10(11)9-6-5-7(2)13-8(9)3/h5-6H,4H2,1-3H3/q+1. The minimum absolute atomic E-state index is 0.330. The number of carbonyl (C=O) groups excluding carboxylic acids is 1. The van der Waals surface area contributed by atoms with Crippen LogP contribution in [0.1, 0.15) is 28.8 Å². The number of hydrogen-bond acceptors (Lipinski definition) is 2. The zero-order chi connectivity index (χ0) is 9.84. The molecule has 1 heterocycles. The molecule has 0 unspecified atom stereocenters. The van der Waals surface area contributed by atoms with Gasteiger partial charge in [-0.3, -0.25) is 0 Å². The zero-order valence-corrected chi connectivity index (χ0v) is 8.09. The lowest BCUT2D eigenvalue weighted by atomic mass is 10.2. The van der Waals surface area contributed by atoms with Gasteiger partial charge in [0.2, 0.25) is 0 Å². The summed E-state index contributed by atoms with van der Waals surface area (Å²) in [5.74, 6) is 1.05. The van der Waals surface area contributed by atoms with Gasteiger partial charge in [0, 0.05) is 6.07 Å². The predicted molar refractivity (Wildman–Crippen MR) is 48.5 cm³/mol. The van der Waals surface area contributed by atoms with Crippen LogP contribution in [0.4, 0.5) is 0 Å². The molecule has 13 heavy (non-hydrogen) atoms. The Bertz CT molecular complexity index is 318. The Hall–Kier alpha value is -1.38. The van der Waals surface area contributed by atoms with Crippen LogP contribution >= 0.6 is 0 Å². The van der Waals surface area contributed by atoms with Gasteiger partial charge in [0.25, 0.3) is 0 Å². The Kier molecular flexibility index (Phi) is 3.01. The smallest absolute Gasteiger partial charge is 0.347 e. The maximum absolute atomic E-state index is 11.3. The zero-order valence-electron chi connectivity index (χ0n) is 8.09. The highest BCUT2D eigenvalue weighted by molar-refractivity contribution is 5.90. The van der Waals surface area contributed by atoms with Gasteiger partial charge in [-0.2, -0.15) is 0 Å². The van der Waals surface area contributed by atoms with E-state index in [1.165, 1.54) is 0 Å². The van der Waals surface area contributed by atoms with E-state index in [-0.39, 0.29) is 5.97 Å². The first-order chi connectivity index (χ1) is 6.15. The number of carbonyl (C=O) groups is 1. The van der Waals surface area contributed by atoms with Crippen LogP contribution in [0, 0.1) is 13.8 Å². The van der Waals surface area contributed by atoms with Gasteiger partial charge in [0.05, 0.1) is 20.5 Å². The molecule has 0 bridgehead atoms. The quantitative estimate of drug-likeness (QED) is 0.519. The van der Waals surface area contributed by atoms with Crippen molar-refractivity contribution in [1.29, 1.82) is 0 Å². The first-order valence-electron chi connectivity index (χ1n) is 4.22. The summed E-state index contributed by atoms with van der Waals surface area (Å²) < 4.78 is 10.1. The van der Waals surface area contributed by atoms with Gasteiger partial charge in [0.1, 0.15) is 0 Å². The largest absolute Gasteiger partial charge is 0.462 e. The molecule has 0 aromatic carbocycles. The van der Waals surface area contributed by atoms with Crippen molar-refractivity contribution < 1.29 is 13.9 Å². The van der Waals surface area contributed by atoms with Gasteiger partial charge < -0.3 is 4.74 Å². The van der Waals surface area contributed by atoms with Crippen molar-refractivity contribution in [3.8, 4) is 0 Å². The number of hydrogen-bond donors (Lipinski definition) is 0. The van der Waals surface area contributed by atoms with Crippen molar-refractivity contribution in [3.05, 3.63) is 29.2 Å². The second kappa shape index (κ2) is 4.03. The average Bonchev–Trinajstić information content (AvgIpc) is 2.04. The van der Waals surface area contributed by atoms with Crippen LogP contribution in [0.5, 0.6) is 0 Å². The Morgan fingerprint density at radius 3 is 2.69 bits per heavy atom. The van der Waals surface area contributed by atoms with Gasteiger partial charge in [-0.25, -0.2) is 9.21 Å². The molecule has 1 aromatic heterocycles. The summed E-state index contributed by atoms with van der Waals surface area (Å²) in [4.78, 5) is 11.3. The second-order valence-corrected chi connectivity index (χ2v) is 2.74. The van der Waals surface area contributed by atoms with Gasteiger partial charge in [0.15, 0.2) is 5.56 Å². The van der Waals surface area contributed by atoms with Crippen molar-refractivity contribution in [2.24, 2.45) is 0 Å². The van der Waals surface area contributed by atoms with E-state index in [2.05, 4.69) is 0 Å².